The van der Waals surface area contributed by atoms with Crippen molar-refractivity contribution in [2.45, 2.75) is 49.8 Å². The molecular weight excluding hydrogens is 476 g/mol. The quantitative estimate of drug-likeness (QED) is 0.513. The first-order valence-electron chi connectivity index (χ1n) is 12.3. The van der Waals surface area contributed by atoms with Crippen LogP contribution in [0.4, 0.5) is 11.8 Å². The van der Waals surface area contributed by atoms with Gasteiger partial charge in [-0.2, -0.15) is 13.4 Å². The number of amides is 1. The minimum Gasteiger partial charge on any atom is -0.341 e. The van der Waals surface area contributed by atoms with Crippen molar-refractivity contribution in [3.63, 3.8) is 0 Å². The Hall–Kier alpha value is -3.30. The summed E-state index contributed by atoms with van der Waals surface area (Å²) in [5, 5.41) is 0. The van der Waals surface area contributed by atoms with Crippen molar-refractivity contribution < 1.29 is 17.8 Å². The van der Waals surface area contributed by atoms with Crippen molar-refractivity contribution in [1.82, 2.24) is 9.97 Å². The lowest BCUT2D eigenvalue weighted by Gasteiger charge is -2.33. The van der Waals surface area contributed by atoms with Crippen LogP contribution in [0.15, 0.2) is 71.8 Å². The third kappa shape index (κ3) is 6.67. The van der Waals surface area contributed by atoms with E-state index in [1.807, 2.05) is 17.9 Å². The first-order valence-corrected chi connectivity index (χ1v) is 13.7. The van der Waals surface area contributed by atoms with Gasteiger partial charge in [0.2, 0.25) is 11.9 Å². The van der Waals surface area contributed by atoms with Crippen LogP contribution in [0.5, 0.6) is 0 Å². The van der Waals surface area contributed by atoms with Gasteiger partial charge in [-0.05, 0) is 62.3 Å². The van der Waals surface area contributed by atoms with Gasteiger partial charge in [0.25, 0.3) is 10.1 Å². The third-order valence-corrected chi connectivity index (χ3v) is 7.46. The predicted octanol–water partition coefficient (Wildman–Crippen LogP) is 4.62. The van der Waals surface area contributed by atoms with Gasteiger partial charge in [-0.1, -0.05) is 48.0 Å². The Morgan fingerprint density at radius 1 is 0.917 bits per heavy atom. The summed E-state index contributed by atoms with van der Waals surface area (Å²) in [6, 6.07) is 18.6. The minimum absolute atomic E-state index is 0.0666. The van der Waals surface area contributed by atoms with Gasteiger partial charge in [-0.25, -0.2) is 4.98 Å². The number of carbonyl (C=O) groups excluding carboxylic acids is 1. The molecule has 8 nitrogen and oxygen atoms in total. The van der Waals surface area contributed by atoms with Crippen LogP contribution < -0.4 is 9.80 Å². The topological polar surface area (TPSA) is 104 Å². The van der Waals surface area contributed by atoms with E-state index in [2.05, 4.69) is 45.2 Å². The number of hydrogen-bond acceptors (Lipinski definition) is 6. The van der Waals surface area contributed by atoms with Crippen LogP contribution in [-0.2, 0) is 14.9 Å². The number of nitrogens with zero attached hydrogens (tertiary/aromatic N) is 4. The van der Waals surface area contributed by atoms with Crippen LogP contribution in [0.25, 0.3) is 0 Å². The first kappa shape index (κ1) is 25.8. The van der Waals surface area contributed by atoms with Gasteiger partial charge in [0.05, 0.1) is 4.90 Å². The average Bonchev–Trinajstić information content (AvgIpc) is 2.90. The Labute approximate surface area is 212 Å². The molecule has 0 atom stereocenters. The summed E-state index contributed by atoms with van der Waals surface area (Å²) in [6.07, 6.45) is 6.67. The lowest BCUT2D eigenvalue weighted by molar-refractivity contribution is -0.119. The zero-order valence-electron chi connectivity index (χ0n) is 20.5. The monoisotopic (exact) mass is 508 g/mol. The summed E-state index contributed by atoms with van der Waals surface area (Å²) in [4.78, 5) is 25.3. The summed E-state index contributed by atoms with van der Waals surface area (Å²) in [6.45, 7) is 4.52. The zero-order valence-corrected chi connectivity index (χ0v) is 21.3. The predicted molar refractivity (Wildman–Crippen MR) is 140 cm³/mol. The molecular formula is C27H32N4O4S. The Morgan fingerprint density at radius 3 is 2.25 bits per heavy atom. The molecule has 1 amide bonds. The lowest BCUT2D eigenvalue weighted by Crippen LogP contribution is -2.37. The molecule has 2 aliphatic heterocycles. The van der Waals surface area contributed by atoms with E-state index in [0.717, 1.165) is 62.6 Å². The number of rotatable bonds is 4. The van der Waals surface area contributed by atoms with Gasteiger partial charge in [0, 0.05) is 32.3 Å². The molecule has 0 spiro atoms. The highest BCUT2D eigenvalue weighted by atomic mass is 32.2. The molecule has 9 heteroatoms. The van der Waals surface area contributed by atoms with Crippen molar-refractivity contribution in [1.29, 1.82) is 0 Å². The zero-order chi connectivity index (χ0) is 25.5. The summed E-state index contributed by atoms with van der Waals surface area (Å²) in [5.74, 6) is 2.30. The molecule has 2 saturated heterocycles. The van der Waals surface area contributed by atoms with Crippen molar-refractivity contribution in [3.05, 3.63) is 78.0 Å². The molecule has 2 aromatic carbocycles. The average molecular weight is 509 g/mol. The Bertz CT molecular complexity index is 1260. The van der Waals surface area contributed by atoms with E-state index in [1.165, 1.54) is 17.7 Å². The Kier molecular flexibility index (Phi) is 8.32. The fraction of sp³-hybridized carbons (Fsp3) is 0.370. The number of benzene rings is 2. The highest BCUT2D eigenvalue weighted by Crippen LogP contribution is 2.30. The standard InChI is InChI=1S/C20H24N4O.C7H8O3S/c25-19-8-4-5-13-24(19)18-9-12-21-20(22-18)23-14-10-17(11-15-23)16-6-2-1-3-7-16;1-6-2-4-7(5-3-6)11(8,9)10/h1-3,6-7,9,12,17H,4-5,8,10-11,13-15H2;2-5H,1H3,(H,8,9,10). The van der Waals surface area contributed by atoms with Crippen LogP contribution in [0.3, 0.4) is 0 Å². The fourth-order valence-electron chi connectivity index (χ4n) is 4.54. The van der Waals surface area contributed by atoms with E-state index in [-0.39, 0.29) is 10.8 Å². The fourth-order valence-corrected chi connectivity index (χ4v) is 5.02. The van der Waals surface area contributed by atoms with Crippen LogP contribution in [0.1, 0.15) is 49.1 Å². The first-order chi connectivity index (χ1) is 17.3. The Morgan fingerprint density at radius 2 is 1.61 bits per heavy atom. The largest absolute Gasteiger partial charge is 0.341 e. The SMILES string of the molecule is Cc1ccc(S(=O)(=O)O)cc1.O=C1CCCCN1c1ccnc(N2CCC(c3ccccc3)CC2)n1. The molecule has 3 aromatic rings. The van der Waals surface area contributed by atoms with E-state index < -0.39 is 10.1 Å². The Balaban J connectivity index is 0.000000233. The molecule has 0 aliphatic carbocycles. The number of aryl methyl sites for hydroxylation is 1. The molecule has 1 N–H and O–H groups in total. The summed E-state index contributed by atoms with van der Waals surface area (Å²) < 4.78 is 29.6. The van der Waals surface area contributed by atoms with E-state index in [4.69, 9.17) is 4.55 Å². The number of hydrogen-bond donors (Lipinski definition) is 1. The van der Waals surface area contributed by atoms with Crippen LogP contribution in [0.2, 0.25) is 0 Å². The van der Waals surface area contributed by atoms with Crippen molar-refractivity contribution in [2.75, 3.05) is 29.4 Å². The van der Waals surface area contributed by atoms with Gasteiger partial charge in [-0.15, -0.1) is 0 Å². The highest BCUT2D eigenvalue weighted by molar-refractivity contribution is 7.85. The summed E-state index contributed by atoms with van der Waals surface area (Å²) >= 11 is 0. The second kappa shape index (κ2) is 11.6. The van der Waals surface area contributed by atoms with Crippen molar-refractivity contribution >= 4 is 27.8 Å². The van der Waals surface area contributed by atoms with Gasteiger partial charge in [-0.3, -0.25) is 14.2 Å². The van der Waals surface area contributed by atoms with Gasteiger partial charge < -0.3 is 4.90 Å². The number of carbonyl (C=O) groups is 1. The van der Waals surface area contributed by atoms with E-state index in [1.54, 1.807) is 18.3 Å². The smallest absolute Gasteiger partial charge is 0.294 e. The van der Waals surface area contributed by atoms with E-state index in [9.17, 15) is 13.2 Å². The molecule has 5 rings (SSSR count). The minimum atomic E-state index is -4.02. The molecule has 2 fully saturated rings. The van der Waals surface area contributed by atoms with E-state index >= 15 is 0 Å². The van der Waals surface area contributed by atoms with Gasteiger partial charge in [0.1, 0.15) is 5.82 Å². The highest BCUT2D eigenvalue weighted by Gasteiger charge is 2.24. The maximum Gasteiger partial charge on any atom is 0.294 e. The molecule has 0 unspecified atom stereocenters. The van der Waals surface area contributed by atoms with E-state index in [0.29, 0.717) is 12.3 Å². The maximum absolute atomic E-state index is 12.1. The van der Waals surface area contributed by atoms with Crippen LogP contribution >= 0.6 is 0 Å². The summed E-state index contributed by atoms with van der Waals surface area (Å²) in [5.41, 5.74) is 2.38. The molecule has 2 aliphatic rings. The van der Waals surface area contributed by atoms with Gasteiger partial charge >= 0.3 is 0 Å². The summed E-state index contributed by atoms with van der Waals surface area (Å²) in [7, 11) is -4.02. The number of anilines is 2. The second-order valence-corrected chi connectivity index (χ2v) is 10.6. The normalized spacial score (nSPS) is 16.9. The molecule has 0 bridgehead atoms. The van der Waals surface area contributed by atoms with Gasteiger partial charge in [0.15, 0.2) is 0 Å². The number of piperidine rings is 2. The van der Waals surface area contributed by atoms with Crippen molar-refractivity contribution in [2.24, 2.45) is 0 Å². The lowest BCUT2D eigenvalue weighted by atomic mass is 9.90. The second-order valence-electron chi connectivity index (χ2n) is 9.18. The molecule has 0 saturated carbocycles. The van der Waals surface area contributed by atoms with Crippen LogP contribution in [-0.4, -0.2) is 48.5 Å². The number of aromatic nitrogens is 2. The molecule has 1 aromatic heterocycles. The molecule has 36 heavy (non-hydrogen) atoms. The third-order valence-electron chi connectivity index (χ3n) is 6.60. The molecule has 3 heterocycles. The molecule has 0 radical (unpaired) electrons. The van der Waals surface area contributed by atoms with Crippen LogP contribution in [0, 0.1) is 6.92 Å². The molecule has 190 valence electrons. The maximum atomic E-state index is 12.1. The van der Waals surface area contributed by atoms with Crippen molar-refractivity contribution in [3.8, 4) is 0 Å².